The molecule has 0 aliphatic rings. The van der Waals surface area contributed by atoms with Crippen LogP contribution < -0.4 is 4.74 Å². The normalized spacial score (nSPS) is 10.6. The maximum atomic E-state index is 9.28. The Kier molecular flexibility index (Phi) is 12.7. The third-order valence-corrected chi connectivity index (χ3v) is 8.22. The molecule has 0 aliphatic carbocycles. The van der Waals surface area contributed by atoms with Crippen molar-refractivity contribution in [3.63, 3.8) is 0 Å². The first-order valence-corrected chi connectivity index (χ1v) is 16.4. The number of aliphatic hydroxyl groups excluding tert-OH is 2. The summed E-state index contributed by atoms with van der Waals surface area (Å²) in [4.78, 5) is 6.16. The van der Waals surface area contributed by atoms with E-state index in [1.54, 1.807) is 12.1 Å². The Morgan fingerprint density at radius 2 is 1.14 bits per heavy atom. The number of aromatic hydroxyl groups is 1. The molecular weight excluding hydrogens is 740 g/mol. The zero-order valence-corrected chi connectivity index (χ0v) is 28.1. The van der Waals surface area contributed by atoms with E-state index in [2.05, 4.69) is 94.2 Å². The molecular formula is C34H33Br3N2O4. The van der Waals surface area contributed by atoms with Gasteiger partial charge in [-0.1, -0.05) is 76.6 Å². The number of ether oxygens (including phenoxy) is 1. The van der Waals surface area contributed by atoms with Crippen LogP contribution in [0.25, 0.3) is 21.8 Å². The molecule has 2 aromatic heterocycles. The number of rotatable bonds is 8. The monoisotopic (exact) mass is 770 g/mol. The Morgan fingerprint density at radius 3 is 1.67 bits per heavy atom. The molecule has 0 amide bonds. The van der Waals surface area contributed by atoms with E-state index in [9.17, 15) is 10.2 Å². The topological polar surface area (TPSA) is 102 Å². The molecule has 0 fully saturated rings. The van der Waals surface area contributed by atoms with Crippen molar-refractivity contribution in [2.45, 2.75) is 26.1 Å². The van der Waals surface area contributed by atoms with E-state index in [4.69, 9.17) is 9.84 Å². The molecule has 43 heavy (non-hydrogen) atoms. The number of benzene rings is 4. The van der Waals surface area contributed by atoms with Gasteiger partial charge < -0.3 is 30.0 Å². The van der Waals surface area contributed by atoms with Gasteiger partial charge in [-0.05, 0) is 73.7 Å². The number of hydrogen-bond acceptors (Lipinski definition) is 4. The molecule has 0 saturated carbocycles. The fraction of sp³-hybridized carbons (Fsp3) is 0.176. The highest BCUT2D eigenvalue weighted by molar-refractivity contribution is 9.11. The zero-order valence-electron chi connectivity index (χ0n) is 23.4. The summed E-state index contributed by atoms with van der Waals surface area (Å²) in [5.74, 6) is 1.02. The Balaban J connectivity index is 0.000000163. The Hall–Kier alpha value is -3.08. The van der Waals surface area contributed by atoms with Crippen molar-refractivity contribution in [2.24, 2.45) is 0 Å². The average molecular weight is 773 g/mol. The highest BCUT2D eigenvalue weighted by atomic mass is 79.9. The zero-order chi connectivity index (χ0) is 30.6. The summed E-state index contributed by atoms with van der Waals surface area (Å²) in [7, 11) is 0. The molecule has 0 saturated heterocycles. The van der Waals surface area contributed by atoms with Crippen LogP contribution in [-0.2, 0) is 26.1 Å². The van der Waals surface area contributed by atoms with Gasteiger partial charge in [-0.15, -0.1) is 0 Å². The van der Waals surface area contributed by atoms with Crippen molar-refractivity contribution < 1.29 is 20.1 Å². The molecule has 0 aliphatic heterocycles. The van der Waals surface area contributed by atoms with Gasteiger partial charge in [0.1, 0.15) is 11.5 Å². The van der Waals surface area contributed by atoms with Crippen LogP contribution in [0.5, 0.6) is 11.5 Å². The van der Waals surface area contributed by atoms with Crippen LogP contribution in [0.1, 0.15) is 22.5 Å². The molecule has 6 aromatic rings. The van der Waals surface area contributed by atoms with Crippen molar-refractivity contribution in [1.82, 2.24) is 9.97 Å². The van der Waals surface area contributed by atoms with Crippen molar-refractivity contribution in [1.29, 1.82) is 0 Å². The van der Waals surface area contributed by atoms with Crippen LogP contribution >= 0.6 is 47.8 Å². The number of H-pyrrole nitrogens is 2. The molecule has 6 rings (SSSR count). The smallest absolute Gasteiger partial charge is 0.122 e. The minimum Gasteiger partial charge on any atom is -0.508 e. The van der Waals surface area contributed by atoms with Crippen LogP contribution in [0.2, 0.25) is 0 Å². The highest BCUT2D eigenvalue weighted by Gasteiger charge is 2.07. The Labute approximate surface area is 276 Å². The van der Waals surface area contributed by atoms with Gasteiger partial charge in [-0.2, -0.15) is 0 Å². The van der Waals surface area contributed by atoms with Crippen molar-refractivity contribution in [3.8, 4) is 11.5 Å². The van der Waals surface area contributed by atoms with Crippen LogP contribution in [0, 0.1) is 0 Å². The van der Waals surface area contributed by atoms with E-state index in [0.717, 1.165) is 66.1 Å². The van der Waals surface area contributed by atoms with Crippen LogP contribution in [-0.4, -0.2) is 37.2 Å². The summed E-state index contributed by atoms with van der Waals surface area (Å²) in [5.41, 5.74) is 5.97. The lowest BCUT2D eigenvalue weighted by atomic mass is 10.2. The average Bonchev–Trinajstić information content (AvgIpc) is 3.64. The summed E-state index contributed by atoms with van der Waals surface area (Å²) < 4.78 is 7.61. The maximum absolute atomic E-state index is 9.28. The highest BCUT2D eigenvalue weighted by Crippen LogP contribution is 2.31. The minimum atomic E-state index is -0.0259. The number of alkyl halides is 1. The van der Waals surface area contributed by atoms with E-state index in [0.29, 0.717) is 6.61 Å². The quantitative estimate of drug-likeness (QED) is 0.0999. The second-order valence-corrected chi connectivity index (χ2v) is 12.2. The molecule has 6 nitrogen and oxygen atoms in total. The minimum absolute atomic E-state index is 0.00528. The Bertz CT molecular complexity index is 1720. The first-order chi connectivity index (χ1) is 20.9. The van der Waals surface area contributed by atoms with Gasteiger partial charge in [0.2, 0.25) is 0 Å². The van der Waals surface area contributed by atoms with Crippen LogP contribution in [0.4, 0.5) is 0 Å². The third kappa shape index (κ3) is 9.71. The maximum Gasteiger partial charge on any atom is 0.122 e. The molecule has 0 bridgehead atoms. The Morgan fingerprint density at radius 1 is 0.628 bits per heavy atom. The predicted octanol–water partition coefficient (Wildman–Crippen LogP) is 8.80. The molecule has 0 radical (unpaired) electrons. The van der Waals surface area contributed by atoms with Crippen LogP contribution in [0.3, 0.4) is 0 Å². The number of aliphatic hydroxyl groups is 2. The summed E-state index contributed by atoms with van der Waals surface area (Å²) in [6.45, 7) is 0.614. The number of nitrogens with one attached hydrogen (secondary N) is 2. The van der Waals surface area contributed by atoms with E-state index in [-0.39, 0.29) is 19.0 Å². The molecule has 224 valence electrons. The predicted molar refractivity (Wildman–Crippen MR) is 185 cm³/mol. The lowest BCUT2D eigenvalue weighted by Gasteiger charge is -2.07. The number of aromatic nitrogens is 2. The number of aromatic amines is 2. The number of fused-ring (bicyclic) bond motifs is 2. The molecule has 4 aromatic carbocycles. The van der Waals surface area contributed by atoms with Crippen LogP contribution in [0.15, 0.2) is 106 Å². The van der Waals surface area contributed by atoms with Gasteiger partial charge in [0, 0.05) is 55.0 Å². The fourth-order valence-electron chi connectivity index (χ4n) is 4.40. The van der Waals surface area contributed by atoms with Gasteiger partial charge in [0.25, 0.3) is 0 Å². The fourth-order valence-corrected chi connectivity index (χ4v) is 5.98. The molecule has 0 atom stereocenters. The second kappa shape index (κ2) is 16.7. The van der Waals surface area contributed by atoms with Crippen molar-refractivity contribution in [2.75, 3.05) is 11.9 Å². The lowest BCUT2D eigenvalue weighted by Crippen LogP contribution is -2.01. The summed E-state index contributed by atoms with van der Waals surface area (Å²) in [5, 5.41) is 30.4. The van der Waals surface area contributed by atoms with Gasteiger partial charge in [0.15, 0.2) is 0 Å². The number of halogens is 3. The molecule has 2 heterocycles. The van der Waals surface area contributed by atoms with Gasteiger partial charge >= 0.3 is 0 Å². The van der Waals surface area contributed by atoms with E-state index >= 15 is 0 Å². The first kappa shape index (κ1) is 32.8. The van der Waals surface area contributed by atoms with Gasteiger partial charge in [-0.25, -0.2) is 0 Å². The standard InChI is InChI=1S/C17H16BrNO2.C9H8BrNO2.C8H9Br/c18-16-9-14(10-17-15(16)8-13(11-20)19-17)21-7-6-12-4-2-1-3-5-12;10-8-2-6(13)3-9-7(8)1-5(4-12)11-9;9-7-6-8-4-2-1-3-5-8/h1-5,8-10,19-20H,6-7,11H2;1-3,11-13H,4H2;1-5H,6-7H2. The third-order valence-electron chi connectivity index (χ3n) is 6.51. The first-order valence-electron chi connectivity index (χ1n) is 13.7. The molecule has 5 N–H and O–H groups in total. The number of phenols is 1. The van der Waals surface area contributed by atoms with Crippen molar-refractivity contribution in [3.05, 3.63) is 129 Å². The molecule has 9 heteroatoms. The van der Waals surface area contributed by atoms with E-state index in [1.807, 2.05) is 48.5 Å². The molecule has 0 spiro atoms. The summed E-state index contributed by atoms with van der Waals surface area (Å²) in [6, 6.07) is 31.7. The SMILES string of the molecule is BrCCc1ccccc1.OCc1cc2c(Br)cc(O)cc2[nH]1.OCc1cc2c(Br)cc(OCCc3ccccc3)cc2[nH]1. The summed E-state index contributed by atoms with van der Waals surface area (Å²) in [6.07, 6.45) is 2.00. The van der Waals surface area contributed by atoms with Gasteiger partial charge in [0.05, 0.1) is 30.9 Å². The lowest BCUT2D eigenvalue weighted by molar-refractivity contribution is 0.277. The number of hydrogen-bond donors (Lipinski definition) is 5. The number of phenolic OH excluding ortho intramolecular Hbond substituents is 1. The van der Waals surface area contributed by atoms with E-state index in [1.165, 1.54) is 11.1 Å². The van der Waals surface area contributed by atoms with E-state index < -0.39 is 0 Å². The van der Waals surface area contributed by atoms with Crippen molar-refractivity contribution >= 4 is 69.6 Å². The largest absolute Gasteiger partial charge is 0.508 e. The second-order valence-electron chi connectivity index (χ2n) is 9.67. The summed E-state index contributed by atoms with van der Waals surface area (Å²) >= 11 is 10.3. The number of aryl methyl sites for hydroxylation is 1. The van der Waals surface area contributed by atoms with Gasteiger partial charge in [-0.3, -0.25) is 0 Å². The molecule has 0 unspecified atom stereocenters.